The molecule has 12 aromatic rings. The van der Waals surface area contributed by atoms with Crippen LogP contribution < -0.4 is 0 Å². The molecule has 0 N–H and O–H groups in total. The molecule has 0 amide bonds. The summed E-state index contributed by atoms with van der Waals surface area (Å²) in [6.07, 6.45) is 0. The van der Waals surface area contributed by atoms with E-state index in [1.54, 1.807) is 0 Å². The third-order valence-corrected chi connectivity index (χ3v) is 13.1. The fourth-order valence-electron chi connectivity index (χ4n) is 10.4. The van der Waals surface area contributed by atoms with E-state index in [4.69, 9.17) is 4.42 Å². The van der Waals surface area contributed by atoms with E-state index in [9.17, 15) is 0 Å². The van der Waals surface area contributed by atoms with E-state index in [1.807, 2.05) is 0 Å². The zero-order chi connectivity index (χ0) is 38.3. The molecule has 0 saturated heterocycles. The van der Waals surface area contributed by atoms with Crippen LogP contribution in [0.15, 0.2) is 186 Å². The number of aromatic nitrogens is 2. The highest BCUT2D eigenvalue weighted by Gasteiger charge is 2.37. The topological polar surface area (TPSA) is 23.0 Å². The molecule has 0 atom stereocenters. The molecule has 3 nitrogen and oxygen atoms in total. The first-order chi connectivity index (χ1) is 28.5. The molecule has 0 radical (unpaired) electrons. The molecule has 3 aromatic heterocycles. The van der Waals surface area contributed by atoms with Crippen LogP contribution in [0.2, 0.25) is 0 Å². The van der Waals surface area contributed by atoms with E-state index in [0.717, 1.165) is 38.9 Å². The van der Waals surface area contributed by atoms with E-state index in [-0.39, 0.29) is 5.41 Å². The van der Waals surface area contributed by atoms with Crippen LogP contribution in [0.25, 0.3) is 110 Å². The summed E-state index contributed by atoms with van der Waals surface area (Å²) in [4.78, 5) is 0. The van der Waals surface area contributed by atoms with Gasteiger partial charge in [0.05, 0.1) is 22.1 Å². The van der Waals surface area contributed by atoms with Gasteiger partial charge in [0.15, 0.2) is 0 Å². The third kappa shape index (κ3) is 4.17. The zero-order valence-electron chi connectivity index (χ0n) is 32.1. The fraction of sp³-hybridized carbons (Fsp3) is 0.0545. The maximum absolute atomic E-state index is 6.61. The summed E-state index contributed by atoms with van der Waals surface area (Å²) < 4.78 is 11.4. The molecule has 3 heteroatoms. The molecule has 58 heavy (non-hydrogen) atoms. The Balaban J connectivity index is 1.07. The second-order valence-electron chi connectivity index (χ2n) is 16.5. The Morgan fingerprint density at radius 2 is 1.09 bits per heavy atom. The van der Waals surface area contributed by atoms with Crippen molar-refractivity contribution in [1.29, 1.82) is 0 Å². The molecule has 0 fully saturated rings. The van der Waals surface area contributed by atoms with E-state index in [0.29, 0.717) is 0 Å². The minimum Gasteiger partial charge on any atom is -0.456 e. The van der Waals surface area contributed by atoms with Crippen molar-refractivity contribution < 1.29 is 4.42 Å². The predicted octanol–water partition coefficient (Wildman–Crippen LogP) is 14.9. The molecule has 13 rings (SSSR count). The van der Waals surface area contributed by atoms with E-state index < -0.39 is 0 Å². The standard InChI is InChI=1S/C55H36N2O/c1-55(2)45-26-23-33-13-6-7-16-37(33)53(45)43-31-42-41-29-34(24-27-49(41)56(50(42)32-46(43)55)35-14-4-3-5-15-35)38-19-12-22-52-54(38)44-30-36(25-28-51(44)58-52)57-47-20-10-8-17-39(47)40-18-9-11-21-48(40)57/h3-32H,1-2H3. The molecule has 0 saturated carbocycles. The van der Waals surface area contributed by atoms with Gasteiger partial charge in [-0.3, -0.25) is 0 Å². The van der Waals surface area contributed by atoms with Crippen LogP contribution in [-0.4, -0.2) is 9.13 Å². The van der Waals surface area contributed by atoms with Crippen LogP contribution in [0.3, 0.4) is 0 Å². The van der Waals surface area contributed by atoms with Gasteiger partial charge in [-0.05, 0) is 117 Å². The molecule has 1 aliphatic rings. The lowest BCUT2D eigenvalue weighted by Gasteiger charge is -2.22. The summed E-state index contributed by atoms with van der Waals surface area (Å²) in [5.41, 5.74) is 16.5. The number of hydrogen-bond donors (Lipinski definition) is 0. The molecule has 9 aromatic carbocycles. The van der Waals surface area contributed by atoms with Gasteiger partial charge in [0, 0.05) is 49.1 Å². The lowest BCUT2D eigenvalue weighted by molar-refractivity contribution is 0.661. The van der Waals surface area contributed by atoms with Crippen molar-refractivity contribution in [2.24, 2.45) is 0 Å². The van der Waals surface area contributed by atoms with Gasteiger partial charge in [-0.25, -0.2) is 0 Å². The number of fused-ring (bicyclic) bond motifs is 14. The van der Waals surface area contributed by atoms with E-state index in [1.165, 1.54) is 82.2 Å². The van der Waals surface area contributed by atoms with E-state index in [2.05, 4.69) is 205 Å². The lowest BCUT2D eigenvalue weighted by Crippen LogP contribution is -2.15. The summed E-state index contributed by atoms with van der Waals surface area (Å²) in [7, 11) is 0. The average Bonchev–Trinajstić information content (AvgIpc) is 3.98. The Bertz CT molecular complexity index is 3650. The molecule has 0 spiro atoms. The minimum atomic E-state index is -0.137. The Morgan fingerprint density at radius 1 is 0.397 bits per heavy atom. The second kappa shape index (κ2) is 11.4. The first-order valence-electron chi connectivity index (χ1n) is 20.2. The number of hydrogen-bond acceptors (Lipinski definition) is 1. The summed E-state index contributed by atoms with van der Waals surface area (Å²) in [5.74, 6) is 0. The average molecular weight is 741 g/mol. The summed E-state index contributed by atoms with van der Waals surface area (Å²) in [6, 6.07) is 66.8. The maximum atomic E-state index is 6.61. The second-order valence-corrected chi connectivity index (χ2v) is 16.5. The van der Waals surface area contributed by atoms with Crippen molar-refractivity contribution >= 4 is 76.3 Å². The molecular formula is C55H36N2O. The number of benzene rings is 9. The summed E-state index contributed by atoms with van der Waals surface area (Å²) in [5, 5.41) is 9.85. The monoisotopic (exact) mass is 740 g/mol. The molecule has 272 valence electrons. The summed E-state index contributed by atoms with van der Waals surface area (Å²) in [6.45, 7) is 4.77. The third-order valence-electron chi connectivity index (χ3n) is 13.1. The SMILES string of the molecule is CC1(C)c2cc3c(cc2-c2c1ccc1ccccc21)c1cc(-c2cccc4oc5ccc(-n6c7ccccc7c7ccccc76)cc5c24)ccc1n3-c1ccccc1. The molecule has 0 bridgehead atoms. The Morgan fingerprint density at radius 3 is 1.90 bits per heavy atom. The predicted molar refractivity (Wildman–Crippen MR) is 243 cm³/mol. The normalized spacial score (nSPS) is 13.5. The van der Waals surface area contributed by atoms with Gasteiger partial charge < -0.3 is 13.6 Å². The van der Waals surface area contributed by atoms with Gasteiger partial charge in [0.25, 0.3) is 0 Å². The first-order valence-corrected chi connectivity index (χ1v) is 20.2. The van der Waals surface area contributed by atoms with Gasteiger partial charge in [-0.15, -0.1) is 0 Å². The number of nitrogens with zero attached hydrogens (tertiary/aromatic N) is 2. The number of furan rings is 1. The lowest BCUT2D eigenvalue weighted by atomic mass is 9.82. The quantitative estimate of drug-likeness (QED) is 0.177. The Hall–Kier alpha value is -7.36. The van der Waals surface area contributed by atoms with Gasteiger partial charge >= 0.3 is 0 Å². The van der Waals surface area contributed by atoms with Crippen molar-refractivity contribution in [3.8, 4) is 33.6 Å². The number of rotatable bonds is 3. The maximum Gasteiger partial charge on any atom is 0.136 e. The minimum absolute atomic E-state index is 0.137. The highest BCUT2D eigenvalue weighted by Crippen LogP contribution is 2.53. The van der Waals surface area contributed by atoms with Crippen LogP contribution in [0.5, 0.6) is 0 Å². The van der Waals surface area contributed by atoms with Crippen LogP contribution in [-0.2, 0) is 5.41 Å². The van der Waals surface area contributed by atoms with Crippen LogP contribution in [0.4, 0.5) is 0 Å². The van der Waals surface area contributed by atoms with Crippen molar-refractivity contribution in [2.45, 2.75) is 19.3 Å². The van der Waals surface area contributed by atoms with Crippen molar-refractivity contribution in [3.63, 3.8) is 0 Å². The van der Waals surface area contributed by atoms with Crippen molar-refractivity contribution in [3.05, 3.63) is 193 Å². The van der Waals surface area contributed by atoms with Gasteiger partial charge in [-0.2, -0.15) is 0 Å². The number of para-hydroxylation sites is 3. The fourth-order valence-corrected chi connectivity index (χ4v) is 10.4. The van der Waals surface area contributed by atoms with Crippen LogP contribution >= 0.6 is 0 Å². The van der Waals surface area contributed by atoms with Crippen molar-refractivity contribution in [1.82, 2.24) is 9.13 Å². The highest BCUT2D eigenvalue weighted by atomic mass is 16.3. The van der Waals surface area contributed by atoms with Crippen LogP contribution in [0, 0.1) is 0 Å². The largest absolute Gasteiger partial charge is 0.456 e. The van der Waals surface area contributed by atoms with Gasteiger partial charge in [0.2, 0.25) is 0 Å². The molecular weight excluding hydrogens is 705 g/mol. The Labute approximate surface area is 334 Å². The molecule has 0 unspecified atom stereocenters. The molecule has 0 aliphatic heterocycles. The highest BCUT2D eigenvalue weighted by molar-refractivity contribution is 6.17. The smallest absolute Gasteiger partial charge is 0.136 e. The van der Waals surface area contributed by atoms with Gasteiger partial charge in [0.1, 0.15) is 11.2 Å². The van der Waals surface area contributed by atoms with Crippen LogP contribution in [0.1, 0.15) is 25.0 Å². The van der Waals surface area contributed by atoms with E-state index >= 15 is 0 Å². The van der Waals surface area contributed by atoms with Crippen molar-refractivity contribution in [2.75, 3.05) is 0 Å². The molecule has 1 aliphatic carbocycles. The molecule has 3 heterocycles. The Kier molecular flexibility index (Phi) is 6.23. The summed E-state index contributed by atoms with van der Waals surface area (Å²) >= 11 is 0. The zero-order valence-corrected chi connectivity index (χ0v) is 32.1. The van der Waals surface area contributed by atoms with Gasteiger partial charge in [-0.1, -0.05) is 123 Å². The first kappa shape index (κ1) is 31.8.